The van der Waals surface area contributed by atoms with E-state index in [1.807, 2.05) is 0 Å². The Morgan fingerprint density at radius 1 is 1.38 bits per heavy atom. The molecule has 108 valence electrons. The summed E-state index contributed by atoms with van der Waals surface area (Å²) < 4.78 is 1.64. The van der Waals surface area contributed by atoms with Crippen molar-refractivity contribution in [3.63, 3.8) is 0 Å². The first-order valence-corrected chi connectivity index (χ1v) is 6.27. The van der Waals surface area contributed by atoms with Gasteiger partial charge < -0.3 is 10.4 Å². The van der Waals surface area contributed by atoms with E-state index in [1.54, 1.807) is 49.3 Å². The van der Waals surface area contributed by atoms with Gasteiger partial charge in [-0.1, -0.05) is 6.07 Å². The monoisotopic (exact) mass is 285 g/mol. The number of aromatic nitrogens is 2. The van der Waals surface area contributed by atoms with Crippen LogP contribution in [0.15, 0.2) is 36.7 Å². The van der Waals surface area contributed by atoms with Gasteiger partial charge in [0.15, 0.2) is 0 Å². The predicted octanol–water partition coefficient (Wildman–Crippen LogP) is 2.08. The second kappa shape index (κ2) is 6.04. The summed E-state index contributed by atoms with van der Waals surface area (Å²) in [5.41, 5.74) is 2.07. The number of nitrogens with one attached hydrogen (secondary N) is 1. The van der Waals surface area contributed by atoms with E-state index in [2.05, 4.69) is 10.4 Å². The molecule has 0 aliphatic rings. The molecule has 0 atom stereocenters. The van der Waals surface area contributed by atoms with Crippen LogP contribution in [0.25, 0.3) is 6.08 Å². The Morgan fingerprint density at radius 3 is 2.76 bits per heavy atom. The first-order chi connectivity index (χ1) is 9.95. The van der Waals surface area contributed by atoms with Crippen LogP contribution in [0.3, 0.4) is 0 Å². The molecule has 0 aliphatic carbocycles. The largest absolute Gasteiger partial charge is 0.478 e. The minimum absolute atomic E-state index is 0.170. The van der Waals surface area contributed by atoms with E-state index in [1.165, 1.54) is 12.1 Å². The number of carbonyl (C=O) groups is 2. The third-order valence-corrected chi connectivity index (χ3v) is 2.89. The van der Waals surface area contributed by atoms with E-state index in [0.29, 0.717) is 11.3 Å². The van der Waals surface area contributed by atoms with Gasteiger partial charge in [0.2, 0.25) is 5.91 Å². The van der Waals surface area contributed by atoms with Gasteiger partial charge in [0.05, 0.1) is 11.8 Å². The molecule has 1 amide bonds. The molecule has 6 heteroatoms. The molecule has 2 N–H and O–H groups in total. The number of nitrogens with zero attached hydrogens (tertiary/aromatic N) is 2. The fraction of sp³-hybridized carbons (Fsp3) is 0.133. The molecule has 2 rings (SSSR count). The Morgan fingerprint density at radius 2 is 2.14 bits per heavy atom. The molecule has 1 aromatic heterocycles. The van der Waals surface area contributed by atoms with Crippen LogP contribution in [-0.4, -0.2) is 26.8 Å². The summed E-state index contributed by atoms with van der Waals surface area (Å²) in [6.07, 6.45) is 6.42. The summed E-state index contributed by atoms with van der Waals surface area (Å²) >= 11 is 0. The summed E-state index contributed by atoms with van der Waals surface area (Å²) in [6, 6.07) is 4.76. The second-order valence-corrected chi connectivity index (χ2v) is 4.60. The number of aromatic carboxylic acids is 1. The molecule has 0 aliphatic heterocycles. The van der Waals surface area contributed by atoms with Crippen LogP contribution in [0.1, 0.15) is 21.5 Å². The van der Waals surface area contributed by atoms with Crippen molar-refractivity contribution >= 4 is 23.6 Å². The van der Waals surface area contributed by atoms with Gasteiger partial charge in [-0.15, -0.1) is 0 Å². The highest BCUT2D eigenvalue weighted by molar-refractivity contribution is 6.02. The van der Waals surface area contributed by atoms with Gasteiger partial charge >= 0.3 is 5.97 Å². The molecule has 0 saturated heterocycles. The number of hydrogen-bond acceptors (Lipinski definition) is 3. The molecule has 0 saturated carbocycles. The zero-order chi connectivity index (χ0) is 15.4. The van der Waals surface area contributed by atoms with Crippen LogP contribution in [0.4, 0.5) is 5.69 Å². The van der Waals surface area contributed by atoms with Crippen LogP contribution in [0.2, 0.25) is 0 Å². The van der Waals surface area contributed by atoms with Crippen LogP contribution >= 0.6 is 0 Å². The molecule has 21 heavy (non-hydrogen) atoms. The number of carboxylic acid groups (broad SMARTS) is 1. The number of carboxylic acids is 1. The van der Waals surface area contributed by atoms with Crippen LogP contribution in [0.5, 0.6) is 0 Å². The maximum atomic E-state index is 11.8. The topological polar surface area (TPSA) is 84.2 Å². The van der Waals surface area contributed by atoms with E-state index in [0.717, 1.165) is 5.56 Å². The Labute approximate surface area is 121 Å². The number of aryl methyl sites for hydroxylation is 2. The standard InChI is InChI=1S/C15H15N3O3/c1-10-3-5-12(7-13(10)15(20)21)17-14(19)6-4-11-8-16-18(2)9-11/h3-9H,1-2H3,(H,17,19)(H,20,21)/b6-4-. The van der Waals surface area contributed by atoms with Gasteiger partial charge in [-0.25, -0.2) is 4.79 Å². The Hall–Kier alpha value is -2.89. The van der Waals surface area contributed by atoms with Crippen molar-refractivity contribution in [1.82, 2.24) is 9.78 Å². The summed E-state index contributed by atoms with van der Waals surface area (Å²) in [7, 11) is 1.79. The predicted molar refractivity (Wildman–Crippen MR) is 79.0 cm³/mol. The molecule has 0 radical (unpaired) electrons. The average Bonchev–Trinajstić information content (AvgIpc) is 2.84. The Bertz CT molecular complexity index is 717. The molecule has 0 bridgehead atoms. The summed E-state index contributed by atoms with van der Waals surface area (Å²) in [5, 5.41) is 15.7. The molecular weight excluding hydrogens is 270 g/mol. The maximum Gasteiger partial charge on any atom is 0.336 e. The van der Waals surface area contributed by atoms with E-state index < -0.39 is 5.97 Å². The summed E-state index contributed by atoms with van der Waals surface area (Å²) in [5.74, 6) is -1.35. The van der Waals surface area contributed by atoms with Crippen molar-refractivity contribution in [2.75, 3.05) is 5.32 Å². The van der Waals surface area contributed by atoms with E-state index in [-0.39, 0.29) is 11.5 Å². The zero-order valence-electron chi connectivity index (χ0n) is 11.7. The highest BCUT2D eigenvalue weighted by atomic mass is 16.4. The number of benzene rings is 1. The van der Waals surface area contributed by atoms with Crippen LogP contribution in [0, 0.1) is 6.92 Å². The minimum atomic E-state index is -1.02. The van der Waals surface area contributed by atoms with Gasteiger partial charge in [0, 0.05) is 30.6 Å². The van der Waals surface area contributed by atoms with Gasteiger partial charge in [-0.3, -0.25) is 9.48 Å². The highest BCUT2D eigenvalue weighted by Crippen LogP contribution is 2.15. The molecule has 0 spiro atoms. The molecule has 0 fully saturated rings. The molecule has 0 unspecified atom stereocenters. The van der Waals surface area contributed by atoms with Crippen molar-refractivity contribution in [3.8, 4) is 0 Å². The average molecular weight is 285 g/mol. The van der Waals surface area contributed by atoms with Crippen molar-refractivity contribution < 1.29 is 14.7 Å². The number of rotatable bonds is 4. The van der Waals surface area contributed by atoms with Crippen molar-refractivity contribution in [2.45, 2.75) is 6.92 Å². The SMILES string of the molecule is Cc1ccc(NC(=O)/C=C\c2cnn(C)c2)cc1C(=O)O. The minimum Gasteiger partial charge on any atom is -0.478 e. The van der Waals surface area contributed by atoms with E-state index in [4.69, 9.17) is 5.11 Å². The quantitative estimate of drug-likeness (QED) is 0.842. The lowest BCUT2D eigenvalue weighted by Gasteiger charge is -2.05. The molecule has 1 heterocycles. The van der Waals surface area contributed by atoms with Crippen LogP contribution < -0.4 is 5.32 Å². The molecular formula is C15H15N3O3. The third kappa shape index (κ3) is 3.79. The van der Waals surface area contributed by atoms with Crippen molar-refractivity contribution in [2.24, 2.45) is 7.05 Å². The number of carbonyl (C=O) groups excluding carboxylic acids is 1. The van der Waals surface area contributed by atoms with Gasteiger partial charge in [0.1, 0.15) is 0 Å². The van der Waals surface area contributed by atoms with Gasteiger partial charge in [-0.05, 0) is 30.7 Å². The number of anilines is 1. The lowest BCUT2D eigenvalue weighted by atomic mass is 10.1. The first kappa shape index (κ1) is 14.5. The van der Waals surface area contributed by atoms with E-state index in [9.17, 15) is 9.59 Å². The van der Waals surface area contributed by atoms with Gasteiger partial charge in [0.25, 0.3) is 0 Å². The van der Waals surface area contributed by atoms with E-state index >= 15 is 0 Å². The fourth-order valence-electron chi connectivity index (χ4n) is 1.81. The van der Waals surface area contributed by atoms with Crippen molar-refractivity contribution in [1.29, 1.82) is 0 Å². The second-order valence-electron chi connectivity index (χ2n) is 4.60. The normalized spacial score (nSPS) is 10.8. The van der Waals surface area contributed by atoms with Gasteiger partial charge in [-0.2, -0.15) is 5.10 Å². The maximum absolute atomic E-state index is 11.8. The molecule has 6 nitrogen and oxygen atoms in total. The smallest absolute Gasteiger partial charge is 0.336 e. The summed E-state index contributed by atoms with van der Waals surface area (Å²) in [4.78, 5) is 22.8. The third-order valence-electron chi connectivity index (χ3n) is 2.89. The first-order valence-electron chi connectivity index (χ1n) is 6.27. The van der Waals surface area contributed by atoms with Crippen LogP contribution in [-0.2, 0) is 11.8 Å². The lowest BCUT2D eigenvalue weighted by Crippen LogP contribution is -2.09. The number of hydrogen-bond donors (Lipinski definition) is 2. The lowest BCUT2D eigenvalue weighted by molar-refractivity contribution is -0.111. The molecule has 1 aromatic carbocycles. The number of amides is 1. The fourth-order valence-corrected chi connectivity index (χ4v) is 1.81. The summed E-state index contributed by atoms with van der Waals surface area (Å²) in [6.45, 7) is 1.71. The highest BCUT2D eigenvalue weighted by Gasteiger charge is 2.08. The Balaban J connectivity index is 2.07. The Kier molecular flexibility index (Phi) is 4.18. The molecule has 2 aromatic rings. The zero-order valence-corrected chi connectivity index (χ0v) is 11.7. The van der Waals surface area contributed by atoms with Crippen molar-refractivity contribution in [3.05, 3.63) is 53.4 Å².